The first-order valence-corrected chi connectivity index (χ1v) is 8.17. The highest BCUT2D eigenvalue weighted by Gasteiger charge is 2.41. The summed E-state index contributed by atoms with van der Waals surface area (Å²) in [5, 5.41) is 0.712. The largest absolute Gasteiger partial charge is 0.485 e. The average molecular weight is 326 g/mol. The molecule has 0 saturated carbocycles. The smallest absolute Gasteiger partial charge is 0.470 e. The summed E-state index contributed by atoms with van der Waals surface area (Å²) in [6, 6.07) is 6.33. The normalized spacial score (nSPS) is 20.5. The van der Waals surface area contributed by atoms with Crippen LogP contribution in [0.4, 0.5) is 0 Å². The van der Waals surface area contributed by atoms with Crippen LogP contribution in [0.3, 0.4) is 0 Å². The Balaban J connectivity index is 2.06. The highest BCUT2D eigenvalue weighted by Crippen LogP contribution is 2.45. The van der Waals surface area contributed by atoms with Gasteiger partial charge in [0.05, 0.1) is 0 Å². The molecule has 2 aromatic rings. The quantitative estimate of drug-likeness (QED) is 0.642. The average Bonchev–Trinajstić information content (AvgIpc) is 2.36. The summed E-state index contributed by atoms with van der Waals surface area (Å²) in [6.07, 6.45) is -0.587. The molecule has 0 aliphatic carbocycles. The maximum atomic E-state index is 11.3. The number of phosphoric acid groups is 1. The van der Waals surface area contributed by atoms with Crippen LogP contribution >= 0.6 is 7.82 Å². The Hall–Kier alpha value is -1.66. The van der Waals surface area contributed by atoms with E-state index in [1.807, 2.05) is 0 Å². The summed E-state index contributed by atoms with van der Waals surface area (Å²) in [5.74, 6) is 0.580. The molecule has 1 atom stereocenters. The molecule has 1 unspecified atom stereocenters. The molecule has 7 nitrogen and oxygen atoms in total. The topological polar surface area (TPSA) is 106 Å². The van der Waals surface area contributed by atoms with Crippen molar-refractivity contribution in [2.45, 2.75) is 32.0 Å². The predicted octanol–water partition coefficient (Wildman–Crippen LogP) is 1.98. The van der Waals surface area contributed by atoms with E-state index in [0.717, 1.165) is 0 Å². The number of benzene rings is 1. The molecule has 22 heavy (non-hydrogen) atoms. The summed E-state index contributed by atoms with van der Waals surface area (Å²) >= 11 is 0. The highest BCUT2D eigenvalue weighted by atomic mass is 31.2. The van der Waals surface area contributed by atoms with Gasteiger partial charge in [-0.3, -0.25) is 4.52 Å². The van der Waals surface area contributed by atoms with E-state index in [1.165, 1.54) is 6.07 Å². The fourth-order valence-electron chi connectivity index (χ4n) is 2.52. The van der Waals surface area contributed by atoms with E-state index in [4.69, 9.17) is 23.5 Å². The Bertz CT molecular complexity index is 833. The first kappa shape index (κ1) is 15.2. The van der Waals surface area contributed by atoms with Gasteiger partial charge in [-0.1, -0.05) is 0 Å². The zero-order valence-electron chi connectivity index (χ0n) is 12.0. The van der Waals surface area contributed by atoms with Crippen LogP contribution in [0.5, 0.6) is 5.75 Å². The zero-order valence-corrected chi connectivity index (χ0v) is 12.9. The Morgan fingerprint density at radius 1 is 1.32 bits per heavy atom. The van der Waals surface area contributed by atoms with Crippen LogP contribution in [-0.4, -0.2) is 21.5 Å². The van der Waals surface area contributed by atoms with Gasteiger partial charge in [-0.15, -0.1) is 0 Å². The van der Waals surface area contributed by atoms with Crippen LogP contribution in [-0.2, 0) is 15.5 Å². The minimum Gasteiger partial charge on any atom is -0.485 e. The number of rotatable bonds is 2. The van der Waals surface area contributed by atoms with Crippen molar-refractivity contribution < 1.29 is 28.0 Å². The van der Waals surface area contributed by atoms with Crippen molar-refractivity contribution in [3.8, 4) is 5.75 Å². The lowest BCUT2D eigenvalue weighted by molar-refractivity contribution is -0.0390. The summed E-state index contributed by atoms with van der Waals surface area (Å²) in [6.45, 7) is 3.40. The Morgan fingerprint density at radius 2 is 2.05 bits per heavy atom. The maximum absolute atomic E-state index is 11.3. The molecule has 1 aliphatic rings. The van der Waals surface area contributed by atoms with E-state index >= 15 is 0 Å². The summed E-state index contributed by atoms with van der Waals surface area (Å²) in [5.41, 5.74) is -0.311. The number of fused-ring (bicyclic) bond motifs is 2. The molecule has 1 aromatic carbocycles. The molecule has 0 saturated heterocycles. The molecular weight excluding hydrogens is 311 g/mol. The molecule has 0 fully saturated rings. The first-order chi connectivity index (χ1) is 10.1. The Kier molecular flexibility index (Phi) is 3.41. The molecule has 2 heterocycles. The van der Waals surface area contributed by atoms with Crippen LogP contribution in [0, 0.1) is 0 Å². The number of hydrogen-bond donors (Lipinski definition) is 2. The molecule has 8 heteroatoms. The summed E-state index contributed by atoms with van der Waals surface area (Å²) < 4.78 is 26.9. The monoisotopic (exact) mass is 326 g/mol. The van der Waals surface area contributed by atoms with E-state index < -0.39 is 25.2 Å². The van der Waals surface area contributed by atoms with Crippen molar-refractivity contribution in [2.24, 2.45) is 0 Å². The van der Waals surface area contributed by atoms with E-state index in [0.29, 0.717) is 22.3 Å². The Labute approximate surface area is 125 Å². The van der Waals surface area contributed by atoms with Crippen molar-refractivity contribution in [3.05, 3.63) is 40.2 Å². The third kappa shape index (κ3) is 2.94. The molecule has 2 N–H and O–H groups in total. The van der Waals surface area contributed by atoms with Gasteiger partial charge in [0.15, 0.2) is 0 Å². The van der Waals surface area contributed by atoms with Gasteiger partial charge in [0.1, 0.15) is 23.0 Å². The lowest BCUT2D eigenvalue weighted by Gasteiger charge is -2.39. The van der Waals surface area contributed by atoms with Crippen LogP contribution in [0.25, 0.3) is 11.0 Å². The third-order valence-electron chi connectivity index (χ3n) is 3.62. The van der Waals surface area contributed by atoms with Crippen molar-refractivity contribution in [1.29, 1.82) is 0 Å². The maximum Gasteiger partial charge on any atom is 0.470 e. The van der Waals surface area contributed by atoms with Crippen molar-refractivity contribution in [3.63, 3.8) is 0 Å². The fraction of sp³-hybridized carbons (Fsp3) is 0.357. The van der Waals surface area contributed by atoms with Gasteiger partial charge in [0.2, 0.25) is 0 Å². The van der Waals surface area contributed by atoms with Gasteiger partial charge >= 0.3 is 13.4 Å². The highest BCUT2D eigenvalue weighted by molar-refractivity contribution is 7.46. The molecule has 118 valence electrons. The second-order valence-corrected chi connectivity index (χ2v) is 6.94. The fourth-order valence-corrected chi connectivity index (χ4v) is 3.18. The summed E-state index contributed by atoms with van der Waals surface area (Å²) in [7, 11) is -4.64. The van der Waals surface area contributed by atoms with Gasteiger partial charge in [0.25, 0.3) is 0 Å². The molecule has 0 radical (unpaired) electrons. The molecule has 3 rings (SSSR count). The predicted molar refractivity (Wildman–Crippen MR) is 77.8 cm³/mol. The van der Waals surface area contributed by atoms with Crippen molar-refractivity contribution in [2.75, 3.05) is 0 Å². The third-order valence-corrected chi connectivity index (χ3v) is 4.15. The van der Waals surface area contributed by atoms with Crippen molar-refractivity contribution >= 4 is 18.8 Å². The van der Waals surface area contributed by atoms with Crippen LogP contribution in [0.15, 0.2) is 33.5 Å². The van der Waals surface area contributed by atoms with Gasteiger partial charge < -0.3 is 18.9 Å². The van der Waals surface area contributed by atoms with Crippen LogP contribution in [0.2, 0.25) is 0 Å². The standard InChI is InChI=1S/C14H15O7P/c1-14(2)12(21-22(16,17)18)7-9-6-10-8(5-11(9)20-14)3-4-13(15)19-10/h3-6,12H,7H2,1-2H3,(H2,16,17,18). The van der Waals surface area contributed by atoms with E-state index in [1.54, 1.807) is 32.0 Å². The summed E-state index contributed by atoms with van der Waals surface area (Å²) in [4.78, 5) is 29.3. The molecule has 1 aromatic heterocycles. The zero-order chi connectivity index (χ0) is 16.1. The number of hydrogen-bond acceptors (Lipinski definition) is 5. The minimum atomic E-state index is -4.64. The second-order valence-electron chi connectivity index (χ2n) is 5.75. The number of phosphoric ester groups is 1. The van der Waals surface area contributed by atoms with E-state index in [-0.39, 0.29) is 6.42 Å². The van der Waals surface area contributed by atoms with Crippen molar-refractivity contribution in [1.82, 2.24) is 0 Å². The van der Waals surface area contributed by atoms with Gasteiger partial charge in [0, 0.05) is 23.4 Å². The SMILES string of the molecule is CC1(C)Oc2cc3ccc(=O)oc3cc2CC1OP(=O)(O)O. The first-order valence-electron chi connectivity index (χ1n) is 6.64. The molecule has 1 aliphatic heterocycles. The van der Waals surface area contributed by atoms with Crippen LogP contribution < -0.4 is 10.4 Å². The molecule has 0 amide bonds. The van der Waals surface area contributed by atoms with Gasteiger partial charge in [-0.25, -0.2) is 9.36 Å². The van der Waals surface area contributed by atoms with Gasteiger partial charge in [-0.05, 0) is 32.0 Å². The minimum absolute atomic E-state index is 0.238. The van der Waals surface area contributed by atoms with E-state index in [9.17, 15) is 9.36 Å². The second kappa shape index (κ2) is 4.93. The molecular formula is C14H15O7P. The Morgan fingerprint density at radius 3 is 2.73 bits per heavy atom. The molecule has 0 spiro atoms. The number of ether oxygens (including phenoxy) is 1. The van der Waals surface area contributed by atoms with E-state index in [2.05, 4.69) is 0 Å². The molecule has 0 bridgehead atoms. The van der Waals surface area contributed by atoms with Gasteiger partial charge in [-0.2, -0.15) is 0 Å². The lowest BCUT2D eigenvalue weighted by Crippen LogP contribution is -2.47. The van der Waals surface area contributed by atoms with Crippen LogP contribution in [0.1, 0.15) is 19.4 Å². The lowest BCUT2D eigenvalue weighted by atomic mass is 9.90.